The number of hydrogen-bond donors (Lipinski definition) is 0. The Bertz CT molecular complexity index is 408. The van der Waals surface area contributed by atoms with E-state index in [1.54, 1.807) is 0 Å². The molecule has 0 unspecified atom stereocenters. The van der Waals surface area contributed by atoms with Crippen LogP contribution in [0.4, 0.5) is 0 Å². The summed E-state index contributed by atoms with van der Waals surface area (Å²) in [5.41, 5.74) is 2.48. The van der Waals surface area contributed by atoms with Crippen molar-refractivity contribution in [2.45, 2.75) is 39.0 Å². The van der Waals surface area contributed by atoms with Crippen molar-refractivity contribution in [1.82, 2.24) is 0 Å². The van der Waals surface area contributed by atoms with Crippen LogP contribution in [0.25, 0.3) is 0 Å². The smallest absolute Gasteiger partial charge is 0.112 e. The van der Waals surface area contributed by atoms with Gasteiger partial charge in [0, 0.05) is 0 Å². The first-order valence-electron chi connectivity index (χ1n) is 5.75. The summed E-state index contributed by atoms with van der Waals surface area (Å²) in [5.74, 6) is 0. The molecule has 0 aliphatic heterocycles. The molecule has 5 heteroatoms. The summed E-state index contributed by atoms with van der Waals surface area (Å²) in [6.45, 7) is 6.26. The third-order valence-corrected chi connectivity index (χ3v) is 3.25. The molecule has 1 aromatic rings. The van der Waals surface area contributed by atoms with Crippen LogP contribution in [0.5, 0.6) is 0 Å². The molecule has 0 spiro atoms. The van der Waals surface area contributed by atoms with Crippen LogP contribution in [0.3, 0.4) is 0 Å². The van der Waals surface area contributed by atoms with Crippen LogP contribution in [0, 0.1) is 0 Å². The quantitative estimate of drug-likeness (QED) is 0.495. The Morgan fingerprint density at radius 1 is 0.765 bits per heavy atom. The summed E-state index contributed by atoms with van der Waals surface area (Å²) < 4.78 is 0. The maximum absolute atomic E-state index is 6.03. The summed E-state index contributed by atoms with van der Waals surface area (Å²) in [6.07, 6.45) is 1.97. The third kappa shape index (κ3) is 2.53. The Morgan fingerprint density at radius 2 is 1.12 bits per heavy atom. The van der Waals surface area contributed by atoms with Gasteiger partial charge in [0.15, 0.2) is 0 Å². The second kappa shape index (κ2) is 5.04. The van der Waals surface area contributed by atoms with Gasteiger partial charge in [-0.1, -0.05) is 32.8 Å². The minimum atomic E-state index is -0.168. The summed E-state index contributed by atoms with van der Waals surface area (Å²) in [7, 11) is 29.5. The molecule has 17 heavy (non-hydrogen) atoms. The highest BCUT2D eigenvalue weighted by Crippen LogP contribution is 2.24. The van der Waals surface area contributed by atoms with Gasteiger partial charge in [-0.2, -0.15) is 0 Å². The molecule has 0 saturated carbocycles. The lowest BCUT2D eigenvalue weighted by Gasteiger charge is -2.33. The molecule has 1 aromatic carbocycles. The minimum absolute atomic E-state index is 0.168. The highest BCUT2D eigenvalue weighted by atomic mass is 14.3. The van der Waals surface area contributed by atoms with Crippen LogP contribution in [-0.2, 0) is 5.41 Å². The molecule has 0 saturated heterocycles. The lowest BCUT2D eigenvalue weighted by Crippen LogP contribution is -2.58. The van der Waals surface area contributed by atoms with E-state index in [0.29, 0.717) is 21.9 Å². The number of hydrogen-bond acceptors (Lipinski definition) is 0. The maximum atomic E-state index is 6.03. The van der Waals surface area contributed by atoms with Gasteiger partial charge in [0.05, 0.1) is 0 Å². The Balaban J connectivity index is 3.54. The van der Waals surface area contributed by atoms with Gasteiger partial charge in [-0.15, -0.1) is 27.3 Å². The van der Waals surface area contributed by atoms with E-state index < -0.39 is 0 Å². The topological polar surface area (TPSA) is 0 Å². The van der Waals surface area contributed by atoms with Gasteiger partial charge in [0.25, 0.3) is 0 Å². The minimum Gasteiger partial charge on any atom is -0.112 e. The van der Waals surface area contributed by atoms with Gasteiger partial charge in [-0.25, -0.2) is 0 Å². The van der Waals surface area contributed by atoms with Crippen molar-refractivity contribution in [2.75, 3.05) is 0 Å². The van der Waals surface area contributed by atoms with Crippen LogP contribution >= 0.6 is 0 Å². The summed E-state index contributed by atoms with van der Waals surface area (Å²) in [4.78, 5) is 0. The lowest BCUT2D eigenvalue weighted by atomic mass is 9.56. The van der Waals surface area contributed by atoms with E-state index in [2.05, 4.69) is 20.8 Å². The zero-order valence-electron chi connectivity index (χ0n) is 10.8. The standard InChI is InChI=1S/C12H13B5/c1-4-5-12(2,3)6-7(13)9(15)11(17)10(16)8(6)14/h4-5H2,1-3H3. The molecule has 0 N–H and O–H groups in total. The van der Waals surface area contributed by atoms with Crippen molar-refractivity contribution in [3.8, 4) is 0 Å². The fourth-order valence-electron chi connectivity index (χ4n) is 2.33. The molecule has 0 atom stereocenters. The zero-order valence-corrected chi connectivity index (χ0v) is 10.8. The van der Waals surface area contributed by atoms with E-state index in [9.17, 15) is 0 Å². The van der Waals surface area contributed by atoms with Crippen molar-refractivity contribution in [1.29, 1.82) is 0 Å². The largest absolute Gasteiger partial charge is 0.113 e. The molecule has 10 radical (unpaired) electrons. The molecule has 0 amide bonds. The highest BCUT2D eigenvalue weighted by molar-refractivity contribution is 6.67. The molecule has 0 heterocycles. The average molecular weight is 211 g/mol. The van der Waals surface area contributed by atoms with Crippen molar-refractivity contribution in [3.63, 3.8) is 0 Å². The molecule has 0 aliphatic rings. The van der Waals surface area contributed by atoms with Gasteiger partial charge < -0.3 is 0 Å². The van der Waals surface area contributed by atoms with E-state index in [0.717, 1.165) is 18.4 Å². The molecule has 0 nitrogen and oxygen atoms in total. The van der Waals surface area contributed by atoms with Gasteiger partial charge >= 0.3 is 0 Å². The van der Waals surface area contributed by atoms with Crippen LogP contribution in [0.1, 0.15) is 39.2 Å². The van der Waals surface area contributed by atoms with Crippen LogP contribution in [-0.4, -0.2) is 39.2 Å². The number of benzene rings is 1. The Kier molecular flexibility index (Phi) is 4.33. The first-order chi connectivity index (χ1) is 7.74. The van der Waals surface area contributed by atoms with E-state index in [4.69, 9.17) is 39.2 Å². The SMILES string of the molecule is [B]c1c([B])c([B])c(C(C)(C)CCC)c([B])c1[B]. The van der Waals surface area contributed by atoms with Crippen LogP contribution < -0.4 is 27.3 Å². The van der Waals surface area contributed by atoms with Crippen molar-refractivity contribution < 1.29 is 0 Å². The maximum Gasteiger partial charge on any atom is 0.113 e. The van der Waals surface area contributed by atoms with E-state index >= 15 is 0 Å². The van der Waals surface area contributed by atoms with E-state index in [-0.39, 0.29) is 10.9 Å². The fraction of sp³-hybridized carbons (Fsp3) is 0.500. The molecule has 0 aliphatic carbocycles. The highest BCUT2D eigenvalue weighted by Gasteiger charge is 2.24. The first-order valence-corrected chi connectivity index (χ1v) is 5.75. The molecular weight excluding hydrogens is 198 g/mol. The number of rotatable bonds is 3. The first kappa shape index (κ1) is 14.6. The average Bonchev–Trinajstić information content (AvgIpc) is 2.23. The predicted octanol–water partition coefficient (Wildman–Crippen LogP) is -2.27. The van der Waals surface area contributed by atoms with Crippen molar-refractivity contribution in [3.05, 3.63) is 5.56 Å². The molecule has 0 aromatic heterocycles. The molecular formula is C12H13B5. The van der Waals surface area contributed by atoms with Crippen LogP contribution in [0.2, 0.25) is 0 Å². The molecule has 1 rings (SSSR count). The molecule has 0 fully saturated rings. The lowest BCUT2D eigenvalue weighted by molar-refractivity contribution is 0.479. The van der Waals surface area contributed by atoms with E-state index in [1.807, 2.05) is 0 Å². The van der Waals surface area contributed by atoms with E-state index in [1.165, 1.54) is 0 Å². The molecule has 76 valence electrons. The summed E-state index contributed by atoms with van der Waals surface area (Å²) in [6, 6.07) is 0. The second-order valence-electron chi connectivity index (χ2n) is 5.08. The van der Waals surface area contributed by atoms with Crippen molar-refractivity contribution >= 4 is 66.5 Å². The third-order valence-electron chi connectivity index (χ3n) is 3.25. The van der Waals surface area contributed by atoms with Gasteiger partial charge in [-0.3, -0.25) is 0 Å². The van der Waals surface area contributed by atoms with Gasteiger partial charge in [0.2, 0.25) is 0 Å². The predicted molar refractivity (Wildman–Crippen MR) is 81.3 cm³/mol. The second-order valence-corrected chi connectivity index (χ2v) is 5.08. The fourth-order valence-corrected chi connectivity index (χ4v) is 2.33. The van der Waals surface area contributed by atoms with Gasteiger partial charge in [0.1, 0.15) is 39.2 Å². The summed E-state index contributed by atoms with van der Waals surface area (Å²) >= 11 is 0. The molecule has 0 bridgehead atoms. The monoisotopic (exact) mass is 212 g/mol. The van der Waals surface area contributed by atoms with Crippen LogP contribution in [0.15, 0.2) is 0 Å². The Hall–Kier alpha value is -0.455. The van der Waals surface area contributed by atoms with Gasteiger partial charge in [-0.05, 0) is 11.8 Å². The Morgan fingerprint density at radius 3 is 1.47 bits per heavy atom. The van der Waals surface area contributed by atoms with Crippen molar-refractivity contribution in [2.24, 2.45) is 0 Å². The normalized spacial score (nSPS) is 11.7. The Labute approximate surface area is 111 Å². The zero-order chi connectivity index (χ0) is 13.4. The summed E-state index contributed by atoms with van der Waals surface area (Å²) in [5, 5.41) is 0.